The molecule has 3 saturated heterocycles. The molecule has 2 N–H and O–H groups in total. The molecule has 1 atom stereocenters. The lowest BCUT2D eigenvalue weighted by Gasteiger charge is -2.48. The van der Waals surface area contributed by atoms with Crippen molar-refractivity contribution in [1.29, 1.82) is 0 Å². The summed E-state index contributed by atoms with van der Waals surface area (Å²) in [5.74, 6) is -0.738. The average Bonchev–Trinajstić information content (AvgIpc) is 2.98. The van der Waals surface area contributed by atoms with Crippen molar-refractivity contribution < 1.29 is 19.1 Å². The van der Waals surface area contributed by atoms with E-state index in [4.69, 9.17) is 4.74 Å². The molecule has 28 heavy (non-hydrogen) atoms. The first-order valence-corrected chi connectivity index (χ1v) is 9.87. The molecule has 1 unspecified atom stereocenters. The molecular formula is C20H24N4O4. The van der Waals surface area contributed by atoms with E-state index < -0.39 is 6.04 Å². The first kappa shape index (κ1) is 17.8. The summed E-state index contributed by atoms with van der Waals surface area (Å²) in [6.07, 6.45) is 0.659. The number of nitrogens with zero attached hydrogens (tertiary/aromatic N) is 2. The fourth-order valence-electron chi connectivity index (χ4n) is 4.74. The van der Waals surface area contributed by atoms with Gasteiger partial charge in [-0.1, -0.05) is 18.2 Å². The Morgan fingerprint density at radius 1 is 1.21 bits per heavy atom. The van der Waals surface area contributed by atoms with Gasteiger partial charge in [-0.2, -0.15) is 0 Å². The molecule has 8 heteroatoms. The molecule has 8 nitrogen and oxygen atoms in total. The summed E-state index contributed by atoms with van der Waals surface area (Å²) in [5.41, 5.74) is 2.60. The Bertz CT molecular complexity index is 851. The number of hydrogen-bond donors (Lipinski definition) is 2. The van der Waals surface area contributed by atoms with Gasteiger partial charge in [-0.05, 0) is 17.5 Å². The number of carbonyl (C=O) groups is 3. The van der Waals surface area contributed by atoms with Crippen LogP contribution in [0.2, 0.25) is 0 Å². The van der Waals surface area contributed by atoms with Crippen molar-refractivity contribution in [3.05, 3.63) is 34.9 Å². The highest BCUT2D eigenvalue weighted by molar-refractivity contribution is 6.05. The maximum Gasteiger partial charge on any atom is 0.255 e. The van der Waals surface area contributed by atoms with Gasteiger partial charge in [0.2, 0.25) is 11.8 Å². The number of rotatable bonds is 3. The van der Waals surface area contributed by atoms with E-state index in [1.807, 2.05) is 18.2 Å². The minimum absolute atomic E-state index is 0.0844. The summed E-state index contributed by atoms with van der Waals surface area (Å²) in [7, 11) is 0. The van der Waals surface area contributed by atoms with E-state index in [-0.39, 0.29) is 29.7 Å². The fourth-order valence-corrected chi connectivity index (χ4v) is 4.74. The maximum atomic E-state index is 13.2. The van der Waals surface area contributed by atoms with Crippen LogP contribution in [0.15, 0.2) is 18.2 Å². The van der Waals surface area contributed by atoms with Crippen LogP contribution in [0.1, 0.15) is 34.3 Å². The smallest absolute Gasteiger partial charge is 0.255 e. The molecule has 0 saturated carbocycles. The molecule has 0 bridgehead atoms. The van der Waals surface area contributed by atoms with E-state index >= 15 is 0 Å². The third-order valence-corrected chi connectivity index (χ3v) is 6.25. The quantitative estimate of drug-likeness (QED) is 0.691. The van der Waals surface area contributed by atoms with Crippen LogP contribution in [-0.2, 0) is 27.4 Å². The molecule has 3 fully saturated rings. The van der Waals surface area contributed by atoms with E-state index in [1.54, 1.807) is 4.90 Å². The zero-order valence-electron chi connectivity index (χ0n) is 15.7. The zero-order valence-corrected chi connectivity index (χ0v) is 15.7. The topological polar surface area (TPSA) is 91.0 Å². The monoisotopic (exact) mass is 384 g/mol. The van der Waals surface area contributed by atoms with E-state index in [0.717, 1.165) is 42.9 Å². The molecule has 1 aromatic carbocycles. The van der Waals surface area contributed by atoms with Gasteiger partial charge in [0.15, 0.2) is 0 Å². The van der Waals surface area contributed by atoms with Crippen LogP contribution < -0.4 is 10.6 Å². The van der Waals surface area contributed by atoms with E-state index in [9.17, 15) is 14.4 Å². The molecule has 148 valence electrons. The maximum absolute atomic E-state index is 13.2. The number of morpholine rings is 1. The van der Waals surface area contributed by atoms with Gasteiger partial charge in [-0.15, -0.1) is 0 Å². The molecule has 5 rings (SSSR count). The predicted molar refractivity (Wildman–Crippen MR) is 99.3 cm³/mol. The number of benzene rings is 1. The molecule has 0 aliphatic carbocycles. The Labute approximate surface area is 163 Å². The Morgan fingerprint density at radius 2 is 2.07 bits per heavy atom. The lowest BCUT2D eigenvalue weighted by atomic mass is 9.94. The second kappa shape index (κ2) is 6.65. The van der Waals surface area contributed by atoms with Crippen molar-refractivity contribution in [2.75, 3.05) is 32.8 Å². The van der Waals surface area contributed by atoms with Crippen molar-refractivity contribution in [3.8, 4) is 0 Å². The molecule has 3 amide bonds. The number of nitrogens with one attached hydrogen (secondary N) is 2. The third-order valence-electron chi connectivity index (χ3n) is 6.25. The number of piperidine rings is 1. The van der Waals surface area contributed by atoms with Gasteiger partial charge < -0.3 is 15.0 Å². The van der Waals surface area contributed by atoms with Crippen molar-refractivity contribution in [1.82, 2.24) is 20.4 Å². The van der Waals surface area contributed by atoms with Crippen LogP contribution in [-0.4, -0.2) is 72.0 Å². The van der Waals surface area contributed by atoms with Crippen LogP contribution >= 0.6 is 0 Å². The molecule has 1 aromatic rings. The van der Waals surface area contributed by atoms with Crippen LogP contribution in [0.5, 0.6) is 0 Å². The Morgan fingerprint density at radius 3 is 2.82 bits per heavy atom. The second-order valence-corrected chi connectivity index (χ2v) is 8.20. The van der Waals surface area contributed by atoms with Crippen molar-refractivity contribution in [2.45, 2.75) is 37.6 Å². The fraction of sp³-hybridized carbons (Fsp3) is 0.550. The van der Waals surface area contributed by atoms with E-state index in [0.29, 0.717) is 26.1 Å². The van der Waals surface area contributed by atoms with Gasteiger partial charge in [0, 0.05) is 51.3 Å². The summed E-state index contributed by atoms with van der Waals surface area (Å²) in [6, 6.07) is 5.37. The van der Waals surface area contributed by atoms with Crippen LogP contribution in [0, 0.1) is 0 Å². The van der Waals surface area contributed by atoms with E-state index in [2.05, 4.69) is 15.5 Å². The van der Waals surface area contributed by atoms with Crippen molar-refractivity contribution in [2.24, 2.45) is 0 Å². The zero-order chi connectivity index (χ0) is 19.3. The Balaban J connectivity index is 1.35. The normalized spacial score (nSPS) is 26.9. The summed E-state index contributed by atoms with van der Waals surface area (Å²) < 4.78 is 5.95. The van der Waals surface area contributed by atoms with Crippen molar-refractivity contribution in [3.63, 3.8) is 0 Å². The first-order valence-electron chi connectivity index (χ1n) is 9.87. The van der Waals surface area contributed by atoms with Gasteiger partial charge in [-0.25, -0.2) is 0 Å². The number of fused-ring (bicyclic) bond motifs is 1. The number of imide groups is 1. The number of ether oxygens (including phenoxy) is 1. The Kier molecular flexibility index (Phi) is 4.22. The van der Waals surface area contributed by atoms with Crippen molar-refractivity contribution >= 4 is 17.7 Å². The SMILES string of the molecule is O=C1CCC(N2Cc3cccc(CN4CCOC5(CNC5)C4)c3C2=O)C(=O)N1. The summed E-state index contributed by atoms with van der Waals surface area (Å²) in [4.78, 5) is 40.8. The largest absolute Gasteiger partial charge is 0.370 e. The molecule has 0 radical (unpaired) electrons. The highest BCUT2D eigenvalue weighted by atomic mass is 16.5. The average molecular weight is 384 g/mol. The molecule has 4 aliphatic heterocycles. The number of carbonyl (C=O) groups excluding carboxylic acids is 3. The van der Waals surface area contributed by atoms with Gasteiger partial charge in [0.25, 0.3) is 5.91 Å². The summed E-state index contributed by atoms with van der Waals surface area (Å²) >= 11 is 0. The predicted octanol–water partition coefficient (Wildman–Crippen LogP) is -0.378. The van der Waals surface area contributed by atoms with Crippen LogP contribution in [0.4, 0.5) is 0 Å². The molecule has 4 heterocycles. The lowest BCUT2D eigenvalue weighted by Crippen LogP contribution is -2.68. The first-order chi connectivity index (χ1) is 13.5. The van der Waals surface area contributed by atoms with E-state index in [1.165, 1.54) is 0 Å². The molecular weight excluding hydrogens is 360 g/mol. The minimum atomic E-state index is -0.571. The summed E-state index contributed by atoms with van der Waals surface area (Å²) in [6.45, 7) is 5.27. The third kappa shape index (κ3) is 2.92. The highest BCUT2D eigenvalue weighted by Gasteiger charge is 2.43. The van der Waals surface area contributed by atoms with Crippen LogP contribution in [0.3, 0.4) is 0 Å². The van der Waals surface area contributed by atoms with Gasteiger partial charge in [0.05, 0.1) is 6.61 Å². The van der Waals surface area contributed by atoms with Gasteiger partial charge in [-0.3, -0.25) is 24.6 Å². The molecule has 1 spiro atoms. The number of amides is 3. The molecule has 4 aliphatic rings. The van der Waals surface area contributed by atoms with Gasteiger partial charge >= 0.3 is 0 Å². The standard InChI is InChI=1S/C20H24N4O4/c25-16-5-4-15(18(26)22-16)24-9-14-3-1-2-13(17(14)19(24)27)8-23-6-7-28-20(12-23)10-21-11-20/h1-3,15,21H,4-12H2,(H,22,25,26). The Hall–Kier alpha value is -2.29. The minimum Gasteiger partial charge on any atom is -0.370 e. The molecule has 0 aromatic heterocycles. The van der Waals surface area contributed by atoms with Gasteiger partial charge in [0.1, 0.15) is 11.6 Å². The van der Waals surface area contributed by atoms with Crippen LogP contribution in [0.25, 0.3) is 0 Å². The summed E-state index contributed by atoms with van der Waals surface area (Å²) in [5, 5.41) is 5.64. The second-order valence-electron chi connectivity index (χ2n) is 8.20. The lowest BCUT2D eigenvalue weighted by molar-refractivity contribution is -0.137. The highest BCUT2D eigenvalue weighted by Crippen LogP contribution is 2.31. The number of hydrogen-bond acceptors (Lipinski definition) is 6.